The zero-order chi connectivity index (χ0) is 20.1. The summed E-state index contributed by atoms with van der Waals surface area (Å²) < 4.78 is 0. The molecule has 0 radical (unpaired) electrons. The molecule has 27 heavy (non-hydrogen) atoms. The highest BCUT2D eigenvalue weighted by molar-refractivity contribution is 5.66. The summed E-state index contributed by atoms with van der Waals surface area (Å²) in [5, 5.41) is 38.9. The van der Waals surface area contributed by atoms with Gasteiger partial charge in [0, 0.05) is 18.8 Å². The van der Waals surface area contributed by atoms with Gasteiger partial charge in [0.25, 0.3) is 0 Å². The number of hydrogen-bond donors (Lipinski definition) is 4. The van der Waals surface area contributed by atoms with Crippen LogP contribution >= 0.6 is 0 Å². The fourth-order valence-corrected chi connectivity index (χ4v) is 3.29. The summed E-state index contributed by atoms with van der Waals surface area (Å²) in [7, 11) is 0. The van der Waals surface area contributed by atoms with Crippen molar-refractivity contribution in [2.24, 2.45) is 11.8 Å². The molecular formula is C22H34O5. The molecule has 0 bridgehead atoms. The lowest BCUT2D eigenvalue weighted by Crippen LogP contribution is -2.20. The molecule has 1 rings (SSSR count). The molecule has 5 heteroatoms. The third kappa shape index (κ3) is 9.70. The second kappa shape index (κ2) is 13.5. The molecule has 0 saturated heterocycles. The summed E-state index contributed by atoms with van der Waals surface area (Å²) in [6.07, 6.45) is 17.6. The van der Waals surface area contributed by atoms with Crippen LogP contribution in [-0.2, 0) is 4.79 Å². The Balaban J connectivity index is 2.47. The Morgan fingerprint density at radius 3 is 2.30 bits per heavy atom. The van der Waals surface area contributed by atoms with Crippen molar-refractivity contribution in [3.8, 4) is 0 Å². The van der Waals surface area contributed by atoms with Crippen molar-refractivity contribution >= 4 is 5.97 Å². The predicted molar refractivity (Wildman–Crippen MR) is 107 cm³/mol. The molecule has 152 valence electrons. The maximum absolute atomic E-state index is 10.5. The first kappa shape index (κ1) is 23.3. The van der Waals surface area contributed by atoms with Crippen molar-refractivity contribution in [1.82, 2.24) is 0 Å². The van der Waals surface area contributed by atoms with E-state index in [1.54, 1.807) is 6.08 Å². The molecule has 0 unspecified atom stereocenters. The Labute approximate surface area is 162 Å². The van der Waals surface area contributed by atoms with Gasteiger partial charge in [-0.05, 0) is 38.0 Å². The number of hydrogen-bond acceptors (Lipinski definition) is 4. The summed E-state index contributed by atoms with van der Waals surface area (Å²) in [4.78, 5) is 10.5. The highest BCUT2D eigenvalue weighted by Gasteiger charge is 2.39. The van der Waals surface area contributed by atoms with Crippen LogP contribution in [0.2, 0.25) is 0 Å². The summed E-state index contributed by atoms with van der Waals surface area (Å²) in [6, 6.07) is 0. The fraction of sp³-hybridized carbons (Fsp3) is 0.591. The maximum atomic E-state index is 10.5. The number of carboxylic acid groups (broad SMARTS) is 1. The van der Waals surface area contributed by atoms with Crippen molar-refractivity contribution in [1.29, 1.82) is 0 Å². The topological polar surface area (TPSA) is 98.0 Å². The van der Waals surface area contributed by atoms with Gasteiger partial charge in [-0.15, -0.1) is 0 Å². The van der Waals surface area contributed by atoms with Crippen LogP contribution < -0.4 is 0 Å². The van der Waals surface area contributed by atoms with E-state index in [0.717, 1.165) is 19.3 Å². The molecule has 0 amide bonds. The molecule has 1 aliphatic carbocycles. The molecule has 1 saturated carbocycles. The van der Waals surface area contributed by atoms with E-state index in [1.165, 1.54) is 6.08 Å². The molecule has 4 N–H and O–H groups in total. The van der Waals surface area contributed by atoms with Gasteiger partial charge in [-0.2, -0.15) is 0 Å². The van der Waals surface area contributed by atoms with E-state index < -0.39 is 24.3 Å². The Hall–Kier alpha value is -1.69. The van der Waals surface area contributed by atoms with Crippen molar-refractivity contribution in [2.45, 2.75) is 70.2 Å². The quantitative estimate of drug-likeness (QED) is 0.390. The Morgan fingerprint density at radius 1 is 1.04 bits per heavy atom. The number of allylic oxidation sites excluding steroid dienone is 6. The lowest BCUT2D eigenvalue weighted by molar-refractivity contribution is -0.137. The predicted octanol–water partition coefficient (Wildman–Crippen LogP) is 3.38. The highest BCUT2D eigenvalue weighted by atomic mass is 16.4. The summed E-state index contributed by atoms with van der Waals surface area (Å²) in [5.41, 5.74) is 0. The van der Waals surface area contributed by atoms with Gasteiger partial charge in [0.1, 0.15) is 0 Å². The third-order valence-corrected chi connectivity index (χ3v) is 4.81. The Bertz CT molecular complexity index is 535. The minimum Gasteiger partial charge on any atom is -0.481 e. The number of aliphatic hydroxyl groups is 3. The molecule has 0 spiro atoms. The largest absolute Gasteiger partial charge is 0.481 e. The fourth-order valence-electron chi connectivity index (χ4n) is 3.29. The van der Waals surface area contributed by atoms with Crippen LogP contribution in [0.3, 0.4) is 0 Å². The molecule has 5 atom stereocenters. The number of rotatable bonds is 12. The number of carbonyl (C=O) groups is 1. The maximum Gasteiger partial charge on any atom is 0.303 e. The first-order chi connectivity index (χ1) is 13.0. The highest BCUT2D eigenvalue weighted by Crippen LogP contribution is 2.36. The van der Waals surface area contributed by atoms with Gasteiger partial charge in [-0.1, -0.05) is 55.5 Å². The van der Waals surface area contributed by atoms with Gasteiger partial charge in [0.2, 0.25) is 0 Å². The molecule has 1 aliphatic rings. The molecule has 0 aromatic heterocycles. The van der Waals surface area contributed by atoms with E-state index in [2.05, 4.69) is 37.3 Å². The van der Waals surface area contributed by atoms with Crippen LogP contribution in [-0.4, -0.2) is 44.7 Å². The number of aliphatic carboxylic acids is 1. The molecule has 5 nitrogen and oxygen atoms in total. The molecule has 0 aliphatic heterocycles. The summed E-state index contributed by atoms with van der Waals surface area (Å²) in [6.45, 7) is 2.11. The summed E-state index contributed by atoms with van der Waals surface area (Å²) in [5.74, 6) is -1.29. The van der Waals surface area contributed by atoms with Gasteiger partial charge < -0.3 is 20.4 Å². The van der Waals surface area contributed by atoms with E-state index in [9.17, 15) is 20.1 Å². The second-order valence-corrected chi connectivity index (χ2v) is 7.03. The average molecular weight is 379 g/mol. The Kier molecular flexibility index (Phi) is 11.7. The van der Waals surface area contributed by atoms with Gasteiger partial charge in [0.15, 0.2) is 0 Å². The van der Waals surface area contributed by atoms with E-state index in [1.807, 2.05) is 6.08 Å². The van der Waals surface area contributed by atoms with Gasteiger partial charge in [-0.3, -0.25) is 4.79 Å². The zero-order valence-electron chi connectivity index (χ0n) is 16.2. The van der Waals surface area contributed by atoms with Crippen LogP contribution in [0.15, 0.2) is 48.6 Å². The molecular weight excluding hydrogens is 344 g/mol. The van der Waals surface area contributed by atoms with Crippen LogP contribution in [0.25, 0.3) is 0 Å². The van der Waals surface area contributed by atoms with E-state index in [0.29, 0.717) is 12.8 Å². The average Bonchev–Trinajstić information content (AvgIpc) is 2.89. The van der Waals surface area contributed by atoms with Crippen molar-refractivity contribution < 1.29 is 25.2 Å². The number of aliphatic hydroxyl groups excluding tert-OH is 3. The third-order valence-electron chi connectivity index (χ3n) is 4.81. The van der Waals surface area contributed by atoms with Crippen LogP contribution in [0.1, 0.15) is 51.9 Å². The first-order valence-electron chi connectivity index (χ1n) is 9.85. The van der Waals surface area contributed by atoms with Crippen LogP contribution in [0, 0.1) is 11.8 Å². The minimum atomic E-state index is -0.947. The van der Waals surface area contributed by atoms with Crippen LogP contribution in [0.5, 0.6) is 0 Å². The molecule has 0 heterocycles. The SMILES string of the molecule is CC/C=C\C/C=C\C/C=C\C[C@H]1[C@H](/C=C/[C@H](O)CCC(=O)O)[C@H](O)C[C@@H]1O. The molecule has 0 aromatic rings. The minimum absolute atomic E-state index is 0.101. The Morgan fingerprint density at radius 2 is 1.67 bits per heavy atom. The molecule has 0 aromatic carbocycles. The monoisotopic (exact) mass is 378 g/mol. The first-order valence-corrected chi connectivity index (χ1v) is 9.85. The van der Waals surface area contributed by atoms with Crippen LogP contribution in [0.4, 0.5) is 0 Å². The van der Waals surface area contributed by atoms with Crippen molar-refractivity contribution in [2.75, 3.05) is 0 Å². The summed E-state index contributed by atoms with van der Waals surface area (Å²) >= 11 is 0. The standard InChI is InChI=1S/C22H34O5/c1-2-3-4-5-6-7-8-9-10-11-18-19(21(25)16-20(18)24)14-12-17(23)13-15-22(26)27/h3-4,6-7,9-10,12,14,17-21,23-25H,2,5,8,11,13,15-16H2,1H3,(H,26,27)/b4-3-,7-6-,10-9-,14-12+/t17-,18-,19-,20-,21+/m0/s1. The zero-order valence-corrected chi connectivity index (χ0v) is 16.2. The van der Waals surface area contributed by atoms with E-state index >= 15 is 0 Å². The van der Waals surface area contributed by atoms with Gasteiger partial charge >= 0.3 is 5.97 Å². The van der Waals surface area contributed by atoms with Gasteiger partial charge in [-0.25, -0.2) is 0 Å². The van der Waals surface area contributed by atoms with Crippen molar-refractivity contribution in [3.05, 3.63) is 48.6 Å². The second-order valence-electron chi connectivity index (χ2n) is 7.03. The van der Waals surface area contributed by atoms with E-state index in [-0.39, 0.29) is 24.7 Å². The van der Waals surface area contributed by atoms with Crippen molar-refractivity contribution in [3.63, 3.8) is 0 Å². The smallest absolute Gasteiger partial charge is 0.303 e. The normalized spacial score (nSPS) is 27.6. The van der Waals surface area contributed by atoms with E-state index in [4.69, 9.17) is 5.11 Å². The lowest BCUT2D eigenvalue weighted by Gasteiger charge is -2.19. The number of carboxylic acids is 1. The molecule has 1 fully saturated rings. The lowest BCUT2D eigenvalue weighted by atomic mass is 9.89. The van der Waals surface area contributed by atoms with Gasteiger partial charge in [0.05, 0.1) is 18.3 Å².